The van der Waals surface area contributed by atoms with Crippen molar-refractivity contribution >= 4 is 10.0 Å². The van der Waals surface area contributed by atoms with Gasteiger partial charge >= 0.3 is 0 Å². The fraction of sp³-hybridized carbons (Fsp3) is 1.00. The van der Waals surface area contributed by atoms with Crippen LogP contribution in [0.4, 0.5) is 0 Å². The molecule has 0 spiro atoms. The number of sulfonamides is 1. The van der Waals surface area contributed by atoms with E-state index >= 15 is 0 Å². The van der Waals surface area contributed by atoms with E-state index in [4.69, 9.17) is 0 Å². The van der Waals surface area contributed by atoms with Crippen LogP contribution in [0.5, 0.6) is 0 Å². The van der Waals surface area contributed by atoms with E-state index in [0.29, 0.717) is 13.1 Å². The minimum Gasteiger partial charge on any atom is -0.316 e. The van der Waals surface area contributed by atoms with Gasteiger partial charge in [-0.3, -0.25) is 0 Å². The molecule has 1 aliphatic rings. The lowest BCUT2D eigenvalue weighted by molar-refractivity contribution is 0.315. The first-order chi connectivity index (χ1) is 8.61. The molecular weight excluding hydrogens is 248 g/mol. The van der Waals surface area contributed by atoms with Gasteiger partial charge in [-0.2, -0.15) is 4.31 Å². The molecule has 1 N–H and O–H groups in total. The summed E-state index contributed by atoms with van der Waals surface area (Å²) in [5.41, 5.74) is 0. The van der Waals surface area contributed by atoms with Gasteiger partial charge in [0.25, 0.3) is 0 Å². The highest BCUT2D eigenvalue weighted by molar-refractivity contribution is 7.89. The molecule has 0 aromatic carbocycles. The van der Waals surface area contributed by atoms with E-state index in [0.717, 1.165) is 38.6 Å². The number of nitrogens with zero attached hydrogens (tertiary/aromatic N) is 1. The average molecular weight is 276 g/mol. The molecule has 18 heavy (non-hydrogen) atoms. The maximum absolute atomic E-state index is 12.4. The summed E-state index contributed by atoms with van der Waals surface area (Å²) in [7, 11) is -3.08. The van der Waals surface area contributed by atoms with Crippen molar-refractivity contribution in [3.63, 3.8) is 0 Å². The quantitative estimate of drug-likeness (QED) is 0.723. The molecule has 0 amide bonds. The Hall–Kier alpha value is -0.130. The Labute approximate surface area is 112 Å². The van der Waals surface area contributed by atoms with Crippen LogP contribution in [0.1, 0.15) is 52.4 Å². The van der Waals surface area contributed by atoms with Gasteiger partial charge in [-0.05, 0) is 32.2 Å². The van der Waals surface area contributed by atoms with Crippen molar-refractivity contribution in [2.24, 2.45) is 0 Å². The van der Waals surface area contributed by atoms with Gasteiger partial charge in [-0.1, -0.05) is 26.7 Å². The number of rotatable bonds is 7. The molecule has 1 rings (SSSR count). The van der Waals surface area contributed by atoms with Crippen LogP contribution < -0.4 is 5.32 Å². The molecule has 108 valence electrons. The molecule has 1 saturated heterocycles. The van der Waals surface area contributed by atoms with E-state index < -0.39 is 10.0 Å². The van der Waals surface area contributed by atoms with Crippen molar-refractivity contribution in [3.05, 3.63) is 0 Å². The third-order valence-electron chi connectivity index (χ3n) is 3.62. The Kier molecular flexibility index (Phi) is 7.19. The van der Waals surface area contributed by atoms with E-state index in [1.54, 1.807) is 4.31 Å². The zero-order valence-electron chi connectivity index (χ0n) is 11.8. The van der Waals surface area contributed by atoms with Crippen molar-refractivity contribution in [1.29, 1.82) is 0 Å². The topological polar surface area (TPSA) is 49.4 Å². The van der Waals surface area contributed by atoms with Gasteiger partial charge in [-0.15, -0.1) is 0 Å². The van der Waals surface area contributed by atoms with Crippen LogP contribution in [0.25, 0.3) is 0 Å². The molecule has 1 heterocycles. The zero-order valence-corrected chi connectivity index (χ0v) is 12.6. The predicted molar refractivity (Wildman–Crippen MR) is 76.2 cm³/mol. The lowest BCUT2D eigenvalue weighted by atomic mass is 10.1. The lowest BCUT2D eigenvalue weighted by Gasteiger charge is -2.28. The Morgan fingerprint density at radius 3 is 2.61 bits per heavy atom. The van der Waals surface area contributed by atoms with Gasteiger partial charge in [0.2, 0.25) is 10.0 Å². The first kappa shape index (κ1) is 15.9. The van der Waals surface area contributed by atoms with Gasteiger partial charge in [0.1, 0.15) is 0 Å². The molecule has 0 aliphatic carbocycles. The van der Waals surface area contributed by atoms with Crippen LogP contribution >= 0.6 is 0 Å². The Balaban J connectivity index is 2.56. The highest BCUT2D eigenvalue weighted by Gasteiger charge is 2.29. The summed E-state index contributed by atoms with van der Waals surface area (Å²) >= 11 is 0. The Morgan fingerprint density at radius 2 is 1.94 bits per heavy atom. The van der Waals surface area contributed by atoms with E-state index in [2.05, 4.69) is 19.2 Å². The van der Waals surface area contributed by atoms with Gasteiger partial charge in [0, 0.05) is 19.1 Å². The second kappa shape index (κ2) is 8.12. The van der Waals surface area contributed by atoms with Crippen molar-refractivity contribution < 1.29 is 8.42 Å². The second-order valence-corrected chi connectivity index (χ2v) is 7.13. The van der Waals surface area contributed by atoms with Gasteiger partial charge in [-0.25, -0.2) is 8.42 Å². The molecule has 0 aromatic heterocycles. The molecule has 4 nitrogen and oxygen atoms in total. The first-order valence-electron chi connectivity index (χ1n) is 7.32. The average Bonchev–Trinajstić information content (AvgIpc) is 2.60. The monoisotopic (exact) mass is 276 g/mol. The summed E-state index contributed by atoms with van der Waals surface area (Å²) in [6, 6.07) is 0.226. The molecule has 5 heteroatoms. The molecule has 1 aliphatic heterocycles. The van der Waals surface area contributed by atoms with Gasteiger partial charge < -0.3 is 5.32 Å². The number of hydrogen-bond donors (Lipinski definition) is 1. The van der Waals surface area contributed by atoms with Crippen molar-refractivity contribution in [1.82, 2.24) is 9.62 Å². The van der Waals surface area contributed by atoms with Crippen molar-refractivity contribution in [2.75, 3.05) is 25.4 Å². The maximum atomic E-state index is 12.4. The molecule has 0 radical (unpaired) electrons. The molecule has 1 fully saturated rings. The van der Waals surface area contributed by atoms with Crippen LogP contribution in [-0.2, 0) is 10.0 Å². The van der Waals surface area contributed by atoms with Crippen LogP contribution in [0, 0.1) is 0 Å². The molecule has 1 atom stereocenters. The first-order valence-corrected chi connectivity index (χ1v) is 8.93. The highest BCUT2D eigenvalue weighted by atomic mass is 32.2. The maximum Gasteiger partial charge on any atom is 0.215 e. The SMILES string of the molecule is CCCNCCS(=O)(=O)N1CCCCCC1CC. The minimum absolute atomic E-state index is 0.226. The number of hydrogen-bond acceptors (Lipinski definition) is 3. The second-order valence-electron chi connectivity index (χ2n) is 5.09. The van der Waals surface area contributed by atoms with Gasteiger partial charge in [0.05, 0.1) is 5.75 Å². The lowest BCUT2D eigenvalue weighted by Crippen LogP contribution is -2.42. The standard InChI is InChI=1S/C13H28N2O2S/c1-3-9-14-10-12-18(16,17)15-11-7-5-6-8-13(15)4-2/h13-14H,3-12H2,1-2H3. The zero-order chi connectivity index (χ0) is 13.4. The summed E-state index contributed by atoms with van der Waals surface area (Å²) in [6.45, 7) is 6.36. The molecule has 0 aromatic rings. The van der Waals surface area contributed by atoms with Crippen molar-refractivity contribution in [3.8, 4) is 0 Å². The summed E-state index contributed by atoms with van der Waals surface area (Å²) in [6.07, 6.45) is 6.34. The van der Waals surface area contributed by atoms with Gasteiger partial charge in [0.15, 0.2) is 0 Å². The Morgan fingerprint density at radius 1 is 1.17 bits per heavy atom. The smallest absolute Gasteiger partial charge is 0.215 e. The summed E-state index contributed by atoms with van der Waals surface area (Å²) in [5, 5.41) is 3.17. The number of nitrogens with one attached hydrogen (secondary N) is 1. The van der Waals surface area contributed by atoms with Crippen LogP contribution in [0.2, 0.25) is 0 Å². The Bertz CT molecular complexity index is 317. The third-order valence-corrected chi connectivity index (χ3v) is 5.53. The fourth-order valence-corrected chi connectivity index (χ4v) is 4.30. The fourth-order valence-electron chi connectivity index (χ4n) is 2.55. The highest BCUT2D eigenvalue weighted by Crippen LogP contribution is 2.22. The van der Waals surface area contributed by atoms with E-state index in [9.17, 15) is 8.42 Å². The summed E-state index contributed by atoms with van der Waals surface area (Å²) in [4.78, 5) is 0. The van der Waals surface area contributed by atoms with Crippen LogP contribution in [0.3, 0.4) is 0 Å². The largest absolute Gasteiger partial charge is 0.316 e. The normalized spacial score (nSPS) is 22.9. The molecular formula is C13H28N2O2S. The molecule has 0 saturated carbocycles. The predicted octanol–water partition coefficient (Wildman–Crippen LogP) is 1.97. The van der Waals surface area contributed by atoms with Crippen LogP contribution in [-0.4, -0.2) is 44.2 Å². The summed E-state index contributed by atoms with van der Waals surface area (Å²) in [5.74, 6) is 0.240. The van der Waals surface area contributed by atoms with E-state index in [1.165, 1.54) is 6.42 Å². The third kappa shape index (κ3) is 4.86. The van der Waals surface area contributed by atoms with E-state index in [1.807, 2.05) is 0 Å². The van der Waals surface area contributed by atoms with E-state index in [-0.39, 0.29) is 11.8 Å². The molecule has 1 unspecified atom stereocenters. The molecule has 0 bridgehead atoms. The minimum atomic E-state index is -3.08. The summed E-state index contributed by atoms with van der Waals surface area (Å²) < 4.78 is 26.5. The van der Waals surface area contributed by atoms with Crippen LogP contribution in [0.15, 0.2) is 0 Å². The van der Waals surface area contributed by atoms with Crippen molar-refractivity contribution in [2.45, 2.75) is 58.4 Å².